The average Bonchev–Trinajstić information content (AvgIpc) is 2.99. The molecule has 0 atom stereocenters. The van der Waals surface area contributed by atoms with Gasteiger partial charge in [-0.15, -0.1) is 0 Å². The van der Waals surface area contributed by atoms with Crippen LogP contribution in [-0.2, 0) is 14.6 Å². The number of hydrogen-bond acceptors (Lipinski definition) is 3. The third-order valence-corrected chi connectivity index (χ3v) is 7.46. The van der Waals surface area contributed by atoms with E-state index in [1.54, 1.807) is 20.8 Å². The van der Waals surface area contributed by atoms with E-state index in [0.29, 0.717) is 0 Å². The topological polar surface area (TPSA) is 54.5 Å². The zero-order valence-corrected chi connectivity index (χ0v) is 14.4. The first-order chi connectivity index (χ1) is 9.72. The molecular weight excluding hydrogens is 286 g/mol. The maximum Gasteiger partial charge on any atom is 0.238 e. The first kappa shape index (κ1) is 16.8. The van der Waals surface area contributed by atoms with Crippen LogP contribution in [0.4, 0.5) is 0 Å². The molecule has 0 aromatic heterocycles. The summed E-state index contributed by atoms with van der Waals surface area (Å²) in [5.41, 5.74) is 0. The number of rotatable bonds is 4. The molecule has 2 aliphatic rings. The maximum absolute atomic E-state index is 12.7. The van der Waals surface area contributed by atoms with E-state index in [1.807, 2.05) is 4.90 Å². The average molecular weight is 315 g/mol. The minimum Gasteiger partial charge on any atom is -0.336 e. The summed E-state index contributed by atoms with van der Waals surface area (Å²) >= 11 is 0. The van der Waals surface area contributed by atoms with Crippen molar-refractivity contribution in [3.05, 3.63) is 0 Å². The van der Waals surface area contributed by atoms with Crippen molar-refractivity contribution in [2.45, 2.75) is 89.0 Å². The Labute approximate surface area is 129 Å². The zero-order valence-electron chi connectivity index (χ0n) is 13.6. The van der Waals surface area contributed by atoms with Crippen LogP contribution in [0.5, 0.6) is 0 Å². The van der Waals surface area contributed by atoms with Crippen molar-refractivity contribution in [1.29, 1.82) is 0 Å². The van der Waals surface area contributed by atoms with Gasteiger partial charge in [0.2, 0.25) is 5.91 Å². The van der Waals surface area contributed by atoms with Crippen LogP contribution >= 0.6 is 0 Å². The van der Waals surface area contributed by atoms with Crippen LogP contribution < -0.4 is 0 Å². The first-order valence-corrected chi connectivity index (χ1v) is 9.91. The number of carbonyl (C=O) groups is 1. The molecule has 0 radical (unpaired) electrons. The Bertz CT molecular complexity index is 450. The van der Waals surface area contributed by atoms with Crippen LogP contribution in [0, 0.1) is 0 Å². The molecule has 0 bridgehead atoms. The molecule has 0 aromatic rings. The summed E-state index contributed by atoms with van der Waals surface area (Å²) < 4.78 is 23.8. The van der Waals surface area contributed by atoms with Gasteiger partial charge in [-0.1, -0.05) is 25.7 Å². The number of carbonyl (C=O) groups excluding carboxylic acids is 1. The fourth-order valence-corrected chi connectivity index (χ4v) is 4.43. The first-order valence-electron chi connectivity index (χ1n) is 8.26. The van der Waals surface area contributed by atoms with E-state index in [4.69, 9.17) is 0 Å². The Hall–Kier alpha value is -0.580. The molecule has 0 heterocycles. The van der Waals surface area contributed by atoms with E-state index in [9.17, 15) is 13.2 Å². The standard InChI is InChI=1S/C16H29NO3S/c1-16(2,3)21(19,20)12-15(18)17(13-8-4-5-9-13)14-10-6-7-11-14/h13-14H,4-12H2,1-3H3. The molecule has 5 heteroatoms. The molecule has 0 unspecified atom stereocenters. The summed E-state index contributed by atoms with van der Waals surface area (Å²) in [7, 11) is -3.39. The summed E-state index contributed by atoms with van der Waals surface area (Å²) in [6.07, 6.45) is 8.80. The van der Waals surface area contributed by atoms with Crippen molar-refractivity contribution in [3.8, 4) is 0 Å². The van der Waals surface area contributed by atoms with Gasteiger partial charge in [0.25, 0.3) is 0 Å². The van der Waals surface area contributed by atoms with Gasteiger partial charge in [0.1, 0.15) is 5.75 Å². The summed E-state index contributed by atoms with van der Waals surface area (Å²) in [5, 5.41) is 0. The van der Waals surface area contributed by atoms with Crippen molar-refractivity contribution in [2.24, 2.45) is 0 Å². The Balaban J connectivity index is 2.14. The molecule has 0 N–H and O–H groups in total. The van der Waals surface area contributed by atoms with E-state index in [1.165, 1.54) is 0 Å². The van der Waals surface area contributed by atoms with Crippen LogP contribution in [0.25, 0.3) is 0 Å². The number of nitrogens with zero attached hydrogens (tertiary/aromatic N) is 1. The predicted octanol–water partition coefficient (Wildman–Crippen LogP) is 2.91. The molecule has 122 valence electrons. The van der Waals surface area contributed by atoms with Crippen molar-refractivity contribution in [2.75, 3.05) is 5.75 Å². The predicted molar refractivity (Wildman–Crippen MR) is 84.9 cm³/mol. The second kappa shape index (κ2) is 6.27. The SMILES string of the molecule is CC(C)(C)S(=O)(=O)CC(=O)N(C1CCCC1)C1CCCC1. The van der Waals surface area contributed by atoms with Crippen LogP contribution in [0.3, 0.4) is 0 Å². The lowest BCUT2D eigenvalue weighted by atomic mass is 10.1. The number of sulfone groups is 1. The number of amides is 1. The van der Waals surface area contributed by atoms with Gasteiger partial charge in [-0.05, 0) is 46.5 Å². The van der Waals surface area contributed by atoms with Gasteiger partial charge in [0.15, 0.2) is 9.84 Å². The molecule has 0 spiro atoms. The molecule has 1 amide bonds. The fraction of sp³-hybridized carbons (Fsp3) is 0.938. The van der Waals surface area contributed by atoms with E-state index in [2.05, 4.69) is 0 Å². The molecule has 4 nitrogen and oxygen atoms in total. The summed E-state index contributed by atoms with van der Waals surface area (Å²) in [6.45, 7) is 5.02. The minimum atomic E-state index is -3.39. The Morgan fingerprint density at radius 2 is 1.33 bits per heavy atom. The molecule has 0 aromatic carbocycles. The van der Waals surface area contributed by atoms with Crippen LogP contribution in [-0.4, -0.2) is 41.8 Å². The van der Waals surface area contributed by atoms with Gasteiger partial charge in [-0.3, -0.25) is 4.79 Å². The summed E-state index contributed by atoms with van der Waals surface area (Å²) in [4.78, 5) is 14.7. The van der Waals surface area contributed by atoms with Crippen LogP contribution in [0.2, 0.25) is 0 Å². The van der Waals surface area contributed by atoms with Crippen molar-refractivity contribution < 1.29 is 13.2 Å². The normalized spacial score (nSPS) is 21.9. The van der Waals surface area contributed by atoms with Gasteiger partial charge < -0.3 is 4.90 Å². The van der Waals surface area contributed by atoms with Gasteiger partial charge in [-0.2, -0.15) is 0 Å². The lowest BCUT2D eigenvalue weighted by Crippen LogP contribution is -2.49. The molecule has 2 rings (SSSR count). The summed E-state index contributed by atoms with van der Waals surface area (Å²) in [6, 6.07) is 0.548. The van der Waals surface area contributed by atoms with E-state index in [0.717, 1.165) is 51.4 Å². The zero-order chi connectivity index (χ0) is 15.7. The van der Waals surface area contributed by atoms with Crippen LogP contribution in [0.1, 0.15) is 72.1 Å². The molecule has 2 fully saturated rings. The highest BCUT2D eigenvalue weighted by molar-refractivity contribution is 7.93. The Kier molecular flexibility index (Phi) is 5.01. The van der Waals surface area contributed by atoms with Gasteiger partial charge in [0, 0.05) is 12.1 Å². The second-order valence-corrected chi connectivity index (χ2v) is 10.3. The van der Waals surface area contributed by atoms with Crippen LogP contribution in [0.15, 0.2) is 0 Å². The van der Waals surface area contributed by atoms with Gasteiger partial charge in [0.05, 0.1) is 4.75 Å². The molecule has 21 heavy (non-hydrogen) atoms. The van der Waals surface area contributed by atoms with E-state index < -0.39 is 14.6 Å². The highest BCUT2D eigenvalue weighted by atomic mass is 32.2. The minimum absolute atomic E-state index is 0.163. The van der Waals surface area contributed by atoms with Crippen molar-refractivity contribution in [3.63, 3.8) is 0 Å². The van der Waals surface area contributed by atoms with Crippen molar-refractivity contribution in [1.82, 2.24) is 4.90 Å². The monoisotopic (exact) mass is 315 g/mol. The Morgan fingerprint density at radius 3 is 1.67 bits per heavy atom. The van der Waals surface area contributed by atoms with E-state index >= 15 is 0 Å². The lowest BCUT2D eigenvalue weighted by Gasteiger charge is -2.35. The number of hydrogen-bond donors (Lipinski definition) is 0. The maximum atomic E-state index is 12.7. The molecule has 0 aliphatic heterocycles. The van der Waals surface area contributed by atoms with Gasteiger partial charge >= 0.3 is 0 Å². The summed E-state index contributed by atoms with van der Waals surface area (Å²) in [5.74, 6) is -0.493. The molecular formula is C16H29NO3S. The third-order valence-electron chi connectivity index (χ3n) is 4.97. The second-order valence-electron chi connectivity index (χ2n) is 7.55. The molecule has 0 saturated heterocycles. The molecule has 2 saturated carbocycles. The quantitative estimate of drug-likeness (QED) is 0.801. The molecule has 2 aliphatic carbocycles. The smallest absolute Gasteiger partial charge is 0.238 e. The lowest BCUT2D eigenvalue weighted by molar-refractivity contribution is -0.133. The fourth-order valence-electron chi connectivity index (χ4n) is 3.52. The van der Waals surface area contributed by atoms with Gasteiger partial charge in [-0.25, -0.2) is 8.42 Å². The highest BCUT2D eigenvalue weighted by Gasteiger charge is 2.38. The largest absolute Gasteiger partial charge is 0.336 e. The van der Waals surface area contributed by atoms with E-state index in [-0.39, 0.29) is 23.7 Å². The van der Waals surface area contributed by atoms with Crippen molar-refractivity contribution >= 4 is 15.7 Å². The highest BCUT2D eigenvalue weighted by Crippen LogP contribution is 2.32. The Morgan fingerprint density at radius 1 is 0.952 bits per heavy atom. The third kappa shape index (κ3) is 3.79.